The third-order valence-electron chi connectivity index (χ3n) is 5.10. The number of para-hydroxylation sites is 1. The maximum atomic E-state index is 13.5. The van der Waals surface area contributed by atoms with Crippen LogP contribution in [-0.4, -0.2) is 11.8 Å². The standard InChI is InChI=1S/C22H20N2O2S/c1-15-7-9-18(10-8-15)24-20(25)13-22(24,17-11-12-27-14-17)21(26)23-19-6-4-3-5-16(19)2/h3-12,14H,13H2,1-2H3,(H,23,26)/t22-/m1/s1. The molecule has 27 heavy (non-hydrogen) atoms. The lowest BCUT2D eigenvalue weighted by atomic mass is 9.77. The zero-order valence-corrected chi connectivity index (χ0v) is 16.0. The predicted octanol–water partition coefficient (Wildman–Crippen LogP) is 4.64. The number of nitrogens with zero attached hydrogens (tertiary/aromatic N) is 1. The summed E-state index contributed by atoms with van der Waals surface area (Å²) in [6.45, 7) is 3.95. The molecule has 0 unspecified atom stereocenters. The van der Waals surface area contributed by atoms with Crippen molar-refractivity contribution in [2.24, 2.45) is 0 Å². The van der Waals surface area contributed by atoms with E-state index in [0.717, 1.165) is 28.1 Å². The van der Waals surface area contributed by atoms with Gasteiger partial charge < -0.3 is 5.32 Å². The van der Waals surface area contributed by atoms with Crippen LogP contribution in [0.1, 0.15) is 23.1 Å². The molecule has 0 bridgehead atoms. The number of β-lactam (4-membered cyclic amide) rings is 1. The fourth-order valence-corrected chi connectivity index (χ4v) is 4.26. The van der Waals surface area contributed by atoms with E-state index >= 15 is 0 Å². The van der Waals surface area contributed by atoms with Gasteiger partial charge in [0.2, 0.25) is 5.91 Å². The Bertz CT molecular complexity index is 995. The van der Waals surface area contributed by atoms with Crippen LogP contribution in [0, 0.1) is 13.8 Å². The number of carbonyl (C=O) groups is 2. The smallest absolute Gasteiger partial charge is 0.255 e. The zero-order valence-electron chi connectivity index (χ0n) is 15.2. The molecule has 2 aromatic carbocycles. The number of anilines is 2. The SMILES string of the molecule is Cc1ccc(N2C(=O)C[C@]2(C(=O)Nc2ccccc2C)c2ccsc2)cc1. The molecule has 1 saturated heterocycles. The molecule has 0 spiro atoms. The van der Waals surface area contributed by atoms with Gasteiger partial charge in [-0.2, -0.15) is 11.3 Å². The summed E-state index contributed by atoms with van der Waals surface area (Å²) >= 11 is 1.53. The lowest BCUT2D eigenvalue weighted by molar-refractivity contribution is -0.137. The maximum Gasteiger partial charge on any atom is 0.255 e. The summed E-state index contributed by atoms with van der Waals surface area (Å²) in [5.74, 6) is -0.236. The van der Waals surface area contributed by atoms with Gasteiger partial charge >= 0.3 is 0 Å². The van der Waals surface area contributed by atoms with Gasteiger partial charge in [-0.3, -0.25) is 14.5 Å². The molecule has 2 amide bonds. The molecule has 1 aliphatic heterocycles. The molecule has 0 radical (unpaired) electrons. The molecule has 5 heteroatoms. The summed E-state index contributed by atoms with van der Waals surface area (Å²) in [5, 5.41) is 6.93. The third-order valence-corrected chi connectivity index (χ3v) is 5.78. The summed E-state index contributed by atoms with van der Waals surface area (Å²) in [4.78, 5) is 27.7. The fraction of sp³-hybridized carbons (Fsp3) is 0.182. The average molecular weight is 376 g/mol. The number of aryl methyl sites for hydroxylation is 2. The van der Waals surface area contributed by atoms with Crippen LogP contribution >= 0.6 is 11.3 Å². The van der Waals surface area contributed by atoms with Crippen molar-refractivity contribution in [3.05, 3.63) is 82.0 Å². The van der Waals surface area contributed by atoms with Crippen LogP contribution in [-0.2, 0) is 15.1 Å². The first kappa shape index (κ1) is 17.5. The van der Waals surface area contributed by atoms with Crippen LogP contribution in [0.3, 0.4) is 0 Å². The lowest BCUT2D eigenvalue weighted by Crippen LogP contribution is -2.67. The van der Waals surface area contributed by atoms with Gasteiger partial charge in [-0.15, -0.1) is 0 Å². The molecule has 1 fully saturated rings. The monoisotopic (exact) mass is 376 g/mol. The number of carbonyl (C=O) groups excluding carboxylic acids is 2. The first-order valence-corrected chi connectivity index (χ1v) is 9.76. The van der Waals surface area contributed by atoms with E-state index in [4.69, 9.17) is 0 Å². The van der Waals surface area contributed by atoms with Crippen LogP contribution in [0.5, 0.6) is 0 Å². The summed E-state index contributed by atoms with van der Waals surface area (Å²) in [6, 6.07) is 17.3. The van der Waals surface area contributed by atoms with Gasteiger partial charge in [0, 0.05) is 11.4 Å². The highest BCUT2D eigenvalue weighted by Gasteiger charge is 2.58. The lowest BCUT2D eigenvalue weighted by Gasteiger charge is -2.50. The Morgan fingerprint density at radius 2 is 1.81 bits per heavy atom. The van der Waals surface area contributed by atoms with Crippen LogP contribution in [0.2, 0.25) is 0 Å². The molecule has 4 rings (SSSR count). The van der Waals surface area contributed by atoms with Crippen molar-refractivity contribution in [1.29, 1.82) is 0 Å². The number of thiophene rings is 1. The Balaban J connectivity index is 1.77. The van der Waals surface area contributed by atoms with Gasteiger partial charge in [0.1, 0.15) is 0 Å². The van der Waals surface area contributed by atoms with Crippen molar-refractivity contribution in [3.8, 4) is 0 Å². The van der Waals surface area contributed by atoms with E-state index in [1.165, 1.54) is 11.3 Å². The number of amides is 2. The van der Waals surface area contributed by atoms with Crippen LogP contribution in [0.4, 0.5) is 11.4 Å². The van der Waals surface area contributed by atoms with E-state index in [2.05, 4.69) is 5.32 Å². The minimum Gasteiger partial charge on any atom is -0.323 e. The molecule has 1 aliphatic rings. The highest BCUT2D eigenvalue weighted by atomic mass is 32.1. The zero-order chi connectivity index (χ0) is 19.0. The number of hydrogen-bond donors (Lipinski definition) is 1. The molecule has 1 N–H and O–H groups in total. The molecular formula is C22H20N2O2S. The van der Waals surface area contributed by atoms with Gasteiger partial charge in [-0.05, 0) is 60.0 Å². The minimum absolute atomic E-state index is 0.0509. The highest BCUT2D eigenvalue weighted by Crippen LogP contribution is 2.46. The van der Waals surface area contributed by atoms with Crippen molar-refractivity contribution in [2.75, 3.05) is 10.2 Å². The van der Waals surface area contributed by atoms with Crippen molar-refractivity contribution >= 4 is 34.5 Å². The first-order chi connectivity index (χ1) is 13.0. The Kier molecular flexibility index (Phi) is 4.32. The second-order valence-corrected chi connectivity index (χ2v) is 7.66. The molecule has 0 aliphatic carbocycles. The topological polar surface area (TPSA) is 49.4 Å². The van der Waals surface area contributed by atoms with Gasteiger partial charge in [0.05, 0.1) is 6.42 Å². The second kappa shape index (κ2) is 6.67. The summed E-state index contributed by atoms with van der Waals surface area (Å²) in [5.41, 5.74) is 3.42. The third kappa shape index (κ3) is 2.84. The van der Waals surface area contributed by atoms with Gasteiger partial charge in [-0.1, -0.05) is 35.9 Å². The van der Waals surface area contributed by atoms with Gasteiger partial charge in [0.25, 0.3) is 5.91 Å². The van der Waals surface area contributed by atoms with Crippen molar-refractivity contribution in [1.82, 2.24) is 0 Å². The Morgan fingerprint density at radius 3 is 2.44 bits per heavy atom. The largest absolute Gasteiger partial charge is 0.323 e. The Morgan fingerprint density at radius 1 is 1.07 bits per heavy atom. The summed E-state index contributed by atoms with van der Waals surface area (Å²) in [7, 11) is 0. The Hall–Kier alpha value is -2.92. The van der Waals surface area contributed by atoms with E-state index in [-0.39, 0.29) is 18.2 Å². The van der Waals surface area contributed by atoms with E-state index in [9.17, 15) is 9.59 Å². The molecule has 4 nitrogen and oxygen atoms in total. The van der Waals surface area contributed by atoms with Crippen molar-refractivity contribution < 1.29 is 9.59 Å². The highest BCUT2D eigenvalue weighted by molar-refractivity contribution is 7.08. The van der Waals surface area contributed by atoms with Crippen LogP contribution in [0.25, 0.3) is 0 Å². The predicted molar refractivity (Wildman–Crippen MR) is 109 cm³/mol. The van der Waals surface area contributed by atoms with Gasteiger partial charge in [-0.25, -0.2) is 0 Å². The second-order valence-electron chi connectivity index (χ2n) is 6.88. The van der Waals surface area contributed by atoms with Crippen molar-refractivity contribution in [2.45, 2.75) is 25.8 Å². The van der Waals surface area contributed by atoms with Crippen LogP contribution < -0.4 is 10.2 Å². The van der Waals surface area contributed by atoms with E-state index in [0.29, 0.717) is 0 Å². The van der Waals surface area contributed by atoms with Crippen molar-refractivity contribution in [3.63, 3.8) is 0 Å². The normalized spacial score (nSPS) is 18.9. The van der Waals surface area contributed by atoms with E-state index in [1.54, 1.807) is 4.90 Å². The molecular weight excluding hydrogens is 356 g/mol. The molecule has 1 atom stereocenters. The Labute approximate surface area is 162 Å². The fourth-order valence-electron chi connectivity index (χ4n) is 3.54. The number of hydrogen-bond acceptors (Lipinski definition) is 3. The number of rotatable bonds is 4. The molecule has 0 saturated carbocycles. The minimum atomic E-state index is -1.02. The summed E-state index contributed by atoms with van der Waals surface area (Å²) in [6.07, 6.45) is 0.162. The summed E-state index contributed by atoms with van der Waals surface area (Å²) < 4.78 is 0. The van der Waals surface area contributed by atoms with E-state index in [1.807, 2.05) is 79.2 Å². The number of nitrogens with one attached hydrogen (secondary N) is 1. The van der Waals surface area contributed by atoms with Crippen LogP contribution in [0.15, 0.2) is 65.4 Å². The quantitative estimate of drug-likeness (QED) is 0.675. The molecule has 2 heterocycles. The van der Waals surface area contributed by atoms with E-state index < -0.39 is 5.54 Å². The molecule has 3 aromatic rings. The average Bonchev–Trinajstić information content (AvgIpc) is 3.17. The first-order valence-electron chi connectivity index (χ1n) is 8.82. The molecule has 1 aromatic heterocycles. The molecule has 136 valence electrons. The van der Waals surface area contributed by atoms with Gasteiger partial charge in [0.15, 0.2) is 5.54 Å². The maximum absolute atomic E-state index is 13.5. The number of benzene rings is 2.